The van der Waals surface area contributed by atoms with E-state index in [1.54, 1.807) is 32.5 Å². The van der Waals surface area contributed by atoms with E-state index in [0.29, 0.717) is 0 Å². The van der Waals surface area contributed by atoms with Crippen molar-refractivity contribution in [3.8, 4) is 11.5 Å². The molecular weight excluding hydrogens is 482 g/mol. The first-order valence-electron chi connectivity index (χ1n) is 12.5. The number of hydrogen-bond donors (Lipinski definition) is 0. The first-order valence-corrected chi connectivity index (χ1v) is 12.5. The number of fused-ring (bicyclic) bond motifs is 1. The lowest BCUT2D eigenvalue weighted by molar-refractivity contribution is -0.137. The van der Waals surface area contributed by atoms with Crippen molar-refractivity contribution in [2.24, 2.45) is 11.0 Å². The maximum absolute atomic E-state index is 13.4. The summed E-state index contributed by atoms with van der Waals surface area (Å²) in [4.78, 5) is 29.8. The quantitative estimate of drug-likeness (QED) is 0.411. The molecule has 8 heteroatoms. The van der Waals surface area contributed by atoms with E-state index in [1.807, 2.05) is 48.5 Å². The predicted molar refractivity (Wildman–Crippen MR) is 143 cm³/mol. The van der Waals surface area contributed by atoms with Crippen LogP contribution in [0.5, 0.6) is 11.5 Å². The number of carbonyl (C=O) groups excluding carboxylic acids is 2. The van der Waals surface area contributed by atoms with Gasteiger partial charge in [-0.2, -0.15) is 5.10 Å². The van der Waals surface area contributed by atoms with E-state index in [4.69, 9.17) is 19.3 Å². The largest absolute Gasteiger partial charge is 0.497 e. The zero-order valence-electron chi connectivity index (χ0n) is 21.4. The number of rotatable bonds is 7. The fraction of sp³-hybridized carbons (Fsp3) is 0.267. The van der Waals surface area contributed by atoms with Gasteiger partial charge in [-0.15, -0.1) is 0 Å². The van der Waals surface area contributed by atoms with Gasteiger partial charge < -0.3 is 14.2 Å². The molecule has 2 unspecified atom stereocenters. The summed E-state index contributed by atoms with van der Waals surface area (Å²) in [5.74, 6) is 0.578. The normalized spacial score (nSPS) is 19.5. The van der Waals surface area contributed by atoms with E-state index in [0.717, 1.165) is 53.2 Å². The third-order valence-corrected chi connectivity index (χ3v) is 6.90. The van der Waals surface area contributed by atoms with Gasteiger partial charge in [0, 0.05) is 18.3 Å². The molecule has 194 valence electrons. The number of ether oxygens (including phenoxy) is 3. The Morgan fingerprint density at radius 1 is 1.00 bits per heavy atom. The van der Waals surface area contributed by atoms with Crippen molar-refractivity contribution in [2.45, 2.75) is 25.3 Å². The highest BCUT2D eigenvalue weighted by Crippen LogP contribution is 2.44. The highest BCUT2D eigenvalue weighted by Gasteiger charge is 2.43. The van der Waals surface area contributed by atoms with Crippen LogP contribution in [0.25, 0.3) is 6.08 Å². The summed E-state index contributed by atoms with van der Waals surface area (Å²) in [7, 11) is 3.26. The smallest absolute Gasteiger partial charge is 0.340 e. The van der Waals surface area contributed by atoms with E-state index < -0.39 is 12.6 Å². The van der Waals surface area contributed by atoms with E-state index in [2.05, 4.69) is 11.1 Å². The Hall–Kier alpha value is -4.46. The van der Waals surface area contributed by atoms with Crippen LogP contribution < -0.4 is 9.47 Å². The molecule has 3 aromatic rings. The summed E-state index contributed by atoms with van der Waals surface area (Å²) in [6.07, 6.45) is 7.86. The summed E-state index contributed by atoms with van der Waals surface area (Å²) in [6.45, 7) is -0.415. The fourth-order valence-corrected chi connectivity index (χ4v) is 5.00. The number of carbonyl (C=O) groups is 2. The lowest BCUT2D eigenvalue weighted by Crippen LogP contribution is -2.34. The molecule has 1 aliphatic carbocycles. The monoisotopic (exact) mass is 511 g/mol. The Morgan fingerprint density at radius 3 is 2.37 bits per heavy atom. The van der Waals surface area contributed by atoms with Gasteiger partial charge >= 0.3 is 5.97 Å². The van der Waals surface area contributed by atoms with Crippen molar-refractivity contribution in [1.29, 1.82) is 0 Å². The van der Waals surface area contributed by atoms with Gasteiger partial charge in [0.2, 0.25) is 0 Å². The summed E-state index contributed by atoms with van der Waals surface area (Å²) < 4.78 is 15.9. The first kappa shape index (κ1) is 25.2. The molecule has 1 aromatic heterocycles. The fourth-order valence-electron chi connectivity index (χ4n) is 5.00. The Labute approximate surface area is 221 Å². The number of aromatic nitrogens is 1. The zero-order valence-corrected chi connectivity index (χ0v) is 21.4. The van der Waals surface area contributed by atoms with Crippen molar-refractivity contribution < 1.29 is 23.8 Å². The van der Waals surface area contributed by atoms with E-state index in [9.17, 15) is 9.59 Å². The van der Waals surface area contributed by atoms with Gasteiger partial charge in [0.1, 0.15) is 11.5 Å². The molecular formula is C30H29N3O5. The molecule has 1 aliphatic heterocycles. The van der Waals surface area contributed by atoms with Crippen molar-refractivity contribution in [3.05, 3.63) is 95.3 Å². The molecule has 0 saturated heterocycles. The average Bonchev–Trinajstić information content (AvgIpc) is 3.37. The van der Waals surface area contributed by atoms with Crippen LogP contribution in [0.4, 0.5) is 0 Å². The van der Waals surface area contributed by atoms with Crippen LogP contribution in [0.3, 0.4) is 0 Å². The second kappa shape index (κ2) is 11.3. The maximum atomic E-state index is 13.4. The Morgan fingerprint density at radius 2 is 1.71 bits per heavy atom. The molecule has 0 radical (unpaired) electrons. The summed E-state index contributed by atoms with van der Waals surface area (Å²) >= 11 is 0. The number of amides is 1. The number of methoxy groups -OCH3 is 2. The third-order valence-electron chi connectivity index (χ3n) is 6.90. The van der Waals surface area contributed by atoms with Crippen molar-refractivity contribution in [2.75, 3.05) is 20.8 Å². The maximum Gasteiger partial charge on any atom is 0.340 e. The predicted octanol–water partition coefficient (Wildman–Crippen LogP) is 5.08. The van der Waals surface area contributed by atoms with Crippen molar-refractivity contribution in [3.63, 3.8) is 0 Å². The molecule has 0 spiro atoms. The molecule has 0 N–H and O–H groups in total. The lowest BCUT2D eigenvalue weighted by Gasteiger charge is -2.29. The van der Waals surface area contributed by atoms with E-state index >= 15 is 0 Å². The molecule has 2 aliphatic rings. The van der Waals surface area contributed by atoms with Crippen LogP contribution in [0.15, 0.2) is 83.7 Å². The van der Waals surface area contributed by atoms with E-state index in [1.165, 1.54) is 11.2 Å². The molecule has 8 nitrogen and oxygen atoms in total. The first-order chi connectivity index (χ1) is 18.6. The number of benzene rings is 2. The molecule has 0 bridgehead atoms. The van der Waals surface area contributed by atoms with Gasteiger partial charge in [-0.1, -0.05) is 24.3 Å². The second-order valence-corrected chi connectivity index (χ2v) is 9.20. The van der Waals surface area contributed by atoms with Crippen LogP contribution in [0, 0.1) is 5.92 Å². The summed E-state index contributed by atoms with van der Waals surface area (Å²) in [5.41, 5.74) is 4.29. The van der Waals surface area contributed by atoms with Gasteiger partial charge in [0.05, 0.1) is 31.5 Å². The molecule has 5 rings (SSSR count). The number of pyridine rings is 1. The Balaban J connectivity index is 1.44. The van der Waals surface area contributed by atoms with Gasteiger partial charge in [0.15, 0.2) is 6.61 Å². The van der Waals surface area contributed by atoms with Gasteiger partial charge in [0.25, 0.3) is 5.91 Å². The molecule has 1 amide bonds. The standard InChI is InChI=1S/C30H29N3O5/c1-36-24-12-8-20(9-13-24)17-22-5-3-7-26-28(22)32-33(29(26)21-10-14-25(37-2)15-11-21)27(34)19-38-30(35)23-6-4-16-31-18-23/h4,6,8-18,26,29H,3,5,7,19H2,1-2H3. The van der Waals surface area contributed by atoms with E-state index in [-0.39, 0.29) is 23.4 Å². The van der Waals surface area contributed by atoms with Gasteiger partial charge in [-0.25, -0.2) is 9.80 Å². The molecule has 1 fully saturated rings. The van der Waals surface area contributed by atoms with Crippen LogP contribution in [-0.2, 0) is 9.53 Å². The highest BCUT2D eigenvalue weighted by molar-refractivity contribution is 6.08. The summed E-state index contributed by atoms with van der Waals surface area (Å²) in [5, 5.41) is 6.34. The third kappa shape index (κ3) is 5.29. The van der Waals surface area contributed by atoms with Crippen LogP contribution in [0.1, 0.15) is 46.8 Å². The molecule has 2 heterocycles. The number of nitrogens with zero attached hydrogens (tertiary/aromatic N) is 3. The zero-order chi connectivity index (χ0) is 26.5. The minimum atomic E-state index is -0.600. The molecule has 38 heavy (non-hydrogen) atoms. The van der Waals surface area contributed by atoms with Crippen LogP contribution in [-0.4, -0.2) is 48.4 Å². The minimum absolute atomic E-state index is 0.0274. The molecule has 2 aromatic carbocycles. The van der Waals surface area contributed by atoms with Gasteiger partial charge in [-0.3, -0.25) is 9.78 Å². The highest BCUT2D eigenvalue weighted by atomic mass is 16.5. The minimum Gasteiger partial charge on any atom is -0.497 e. The topological polar surface area (TPSA) is 90.3 Å². The molecule has 1 saturated carbocycles. The Kier molecular flexibility index (Phi) is 7.49. The summed E-state index contributed by atoms with van der Waals surface area (Å²) in [6, 6.07) is 18.5. The number of hydrazone groups is 1. The van der Waals surface area contributed by atoms with Crippen LogP contribution in [0.2, 0.25) is 0 Å². The average molecular weight is 512 g/mol. The van der Waals surface area contributed by atoms with Gasteiger partial charge in [-0.05, 0) is 78.4 Å². The Bertz CT molecular complexity index is 1350. The van der Waals surface area contributed by atoms with Crippen molar-refractivity contribution >= 4 is 23.7 Å². The lowest BCUT2D eigenvalue weighted by atomic mass is 9.77. The molecule has 2 atom stereocenters. The van der Waals surface area contributed by atoms with Crippen LogP contribution >= 0.6 is 0 Å². The number of hydrogen-bond acceptors (Lipinski definition) is 7. The number of esters is 1. The van der Waals surface area contributed by atoms with Crippen molar-refractivity contribution in [1.82, 2.24) is 9.99 Å². The second-order valence-electron chi connectivity index (χ2n) is 9.20. The number of allylic oxidation sites excluding steroid dienone is 1. The SMILES string of the molecule is COc1ccc(C=C2CCCC3C2=NN(C(=O)COC(=O)c2cccnc2)C3c2ccc(OC)cc2)cc1.